The molecule has 1 aliphatic rings. The molecule has 0 radical (unpaired) electrons. The molecular formula is C14H13ClIN3OS. The fraction of sp³-hybridized carbons (Fsp3) is 0.286. The van der Waals surface area contributed by atoms with E-state index in [0.717, 1.165) is 21.8 Å². The fourth-order valence-corrected chi connectivity index (χ4v) is 3.50. The van der Waals surface area contributed by atoms with Crippen molar-refractivity contribution < 1.29 is 4.79 Å². The van der Waals surface area contributed by atoms with Crippen LogP contribution >= 0.6 is 45.5 Å². The Balaban J connectivity index is 1.66. The Hall–Kier alpha value is -0.860. The lowest BCUT2D eigenvalue weighted by Crippen LogP contribution is -2.48. The number of aromatic nitrogens is 1. The predicted molar refractivity (Wildman–Crippen MR) is 94.4 cm³/mol. The summed E-state index contributed by atoms with van der Waals surface area (Å²) in [6.45, 7) is 3.05. The number of hydrogen-bond donors (Lipinski definition) is 0. The molecule has 2 aromatic rings. The highest BCUT2D eigenvalue weighted by molar-refractivity contribution is 14.1. The van der Waals surface area contributed by atoms with E-state index in [1.54, 1.807) is 17.4 Å². The van der Waals surface area contributed by atoms with Gasteiger partial charge < -0.3 is 9.80 Å². The molecule has 1 fully saturated rings. The number of halogens is 2. The van der Waals surface area contributed by atoms with Crippen LogP contribution in [0.2, 0.25) is 5.02 Å². The second-order valence-electron chi connectivity index (χ2n) is 4.72. The zero-order chi connectivity index (χ0) is 14.8. The van der Waals surface area contributed by atoms with E-state index < -0.39 is 0 Å². The van der Waals surface area contributed by atoms with E-state index in [0.29, 0.717) is 23.7 Å². The molecule has 1 aromatic carbocycles. The summed E-state index contributed by atoms with van der Waals surface area (Å²) in [6, 6.07) is 5.46. The molecule has 21 heavy (non-hydrogen) atoms. The maximum atomic E-state index is 12.5. The van der Waals surface area contributed by atoms with Crippen LogP contribution in [0.5, 0.6) is 0 Å². The third kappa shape index (κ3) is 3.32. The SMILES string of the molecule is O=C(c1ccc(I)c(Cl)c1)N1CCN(c2nccs2)CC1. The first-order valence-corrected chi connectivity index (χ1v) is 8.87. The summed E-state index contributed by atoms with van der Waals surface area (Å²) in [5.74, 6) is 0.0482. The number of piperazine rings is 1. The van der Waals surface area contributed by atoms with Crippen LogP contribution in [-0.4, -0.2) is 42.0 Å². The lowest BCUT2D eigenvalue weighted by molar-refractivity contribution is 0.0747. The number of anilines is 1. The van der Waals surface area contributed by atoms with Crippen molar-refractivity contribution in [2.75, 3.05) is 31.1 Å². The molecule has 3 rings (SSSR count). The number of carbonyl (C=O) groups is 1. The lowest BCUT2D eigenvalue weighted by atomic mass is 10.2. The van der Waals surface area contributed by atoms with Gasteiger partial charge in [0.15, 0.2) is 5.13 Å². The molecule has 1 aromatic heterocycles. The van der Waals surface area contributed by atoms with Gasteiger partial charge in [0.1, 0.15) is 0 Å². The van der Waals surface area contributed by atoms with Crippen molar-refractivity contribution >= 4 is 56.6 Å². The van der Waals surface area contributed by atoms with E-state index in [1.807, 2.05) is 28.6 Å². The first kappa shape index (κ1) is 15.1. The van der Waals surface area contributed by atoms with E-state index in [9.17, 15) is 4.79 Å². The van der Waals surface area contributed by atoms with Gasteiger partial charge >= 0.3 is 0 Å². The van der Waals surface area contributed by atoms with Crippen molar-refractivity contribution in [1.29, 1.82) is 0 Å². The molecule has 0 atom stereocenters. The lowest BCUT2D eigenvalue weighted by Gasteiger charge is -2.34. The standard InChI is InChI=1S/C14H13ClIN3OS/c15-11-9-10(1-2-12(11)16)13(20)18-4-6-19(7-5-18)14-17-3-8-21-14/h1-3,8-9H,4-7H2. The molecule has 1 aliphatic heterocycles. The van der Waals surface area contributed by atoms with Crippen LogP contribution < -0.4 is 4.90 Å². The molecule has 1 saturated heterocycles. The van der Waals surface area contributed by atoms with E-state index in [2.05, 4.69) is 32.5 Å². The van der Waals surface area contributed by atoms with E-state index >= 15 is 0 Å². The highest BCUT2D eigenvalue weighted by atomic mass is 127. The number of thiazole rings is 1. The smallest absolute Gasteiger partial charge is 0.254 e. The molecule has 0 spiro atoms. The number of carbonyl (C=O) groups excluding carboxylic acids is 1. The van der Waals surface area contributed by atoms with E-state index in [-0.39, 0.29) is 5.91 Å². The summed E-state index contributed by atoms with van der Waals surface area (Å²) in [4.78, 5) is 20.9. The highest BCUT2D eigenvalue weighted by Crippen LogP contribution is 2.22. The number of nitrogens with zero attached hydrogens (tertiary/aromatic N) is 3. The van der Waals surface area contributed by atoms with Gasteiger partial charge in [0.25, 0.3) is 5.91 Å². The summed E-state index contributed by atoms with van der Waals surface area (Å²) in [7, 11) is 0. The van der Waals surface area contributed by atoms with E-state index in [4.69, 9.17) is 11.6 Å². The minimum Gasteiger partial charge on any atom is -0.345 e. The average Bonchev–Trinajstić information content (AvgIpc) is 3.04. The zero-order valence-corrected chi connectivity index (χ0v) is 14.9. The van der Waals surface area contributed by atoms with Gasteiger partial charge in [-0.2, -0.15) is 0 Å². The quantitative estimate of drug-likeness (QED) is 0.682. The predicted octanol–water partition coefficient (Wildman–Crippen LogP) is 3.36. The van der Waals surface area contributed by atoms with Gasteiger partial charge in [-0.1, -0.05) is 11.6 Å². The van der Waals surface area contributed by atoms with Crippen molar-refractivity contribution in [2.24, 2.45) is 0 Å². The van der Waals surface area contributed by atoms with Gasteiger partial charge in [-0.15, -0.1) is 11.3 Å². The van der Waals surface area contributed by atoms with Crippen LogP contribution in [0, 0.1) is 3.57 Å². The fourth-order valence-electron chi connectivity index (χ4n) is 2.28. The van der Waals surface area contributed by atoms with Gasteiger partial charge in [-0.25, -0.2) is 4.98 Å². The molecule has 110 valence electrons. The van der Waals surface area contributed by atoms with Crippen LogP contribution in [0.1, 0.15) is 10.4 Å². The average molecular weight is 434 g/mol. The Morgan fingerprint density at radius 2 is 2.05 bits per heavy atom. The molecule has 4 nitrogen and oxygen atoms in total. The van der Waals surface area contributed by atoms with Crippen LogP contribution in [-0.2, 0) is 0 Å². The minimum absolute atomic E-state index is 0.0482. The molecule has 0 saturated carbocycles. The zero-order valence-electron chi connectivity index (χ0n) is 11.1. The highest BCUT2D eigenvalue weighted by Gasteiger charge is 2.23. The number of rotatable bonds is 2. The summed E-state index contributed by atoms with van der Waals surface area (Å²) in [5, 5.41) is 3.63. The Labute approximate surface area is 145 Å². The third-order valence-electron chi connectivity index (χ3n) is 3.42. The number of hydrogen-bond acceptors (Lipinski definition) is 4. The van der Waals surface area contributed by atoms with Crippen molar-refractivity contribution in [3.63, 3.8) is 0 Å². The minimum atomic E-state index is 0.0482. The van der Waals surface area contributed by atoms with Crippen LogP contribution in [0.3, 0.4) is 0 Å². The molecule has 2 heterocycles. The second-order valence-corrected chi connectivity index (χ2v) is 7.17. The topological polar surface area (TPSA) is 36.4 Å². The van der Waals surface area contributed by atoms with Gasteiger partial charge in [0.2, 0.25) is 0 Å². The van der Waals surface area contributed by atoms with Crippen LogP contribution in [0.15, 0.2) is 29.8 Å². The molecule has 1 amide bonds. The summed E-state index contributed by atoms with van der Waals surface area (Å²) in [6.07, 6.45) is 1.81. The summed E-state index contributed by atoms with van der Waals surface area (Å²) < 4.78 is 0.958. The number of benzene rings is 1. The molecule has 0 unspecified atom stereocenters. The molecular weight excluding hydrogens is 421 g/mol. The Kier molecular flexibility index (Phi) is 4.66. The normalized spacial score (nSPS) is 15.3. The van der Waals surface area contributed by atoms with Gasteiger partial charge in [-0.05, 0) is 40.8 Å². The van der Waals surface area contributed by atoms with Gasteiger partial charge in [0.05, 0.1) is 5.02 Å². The monoisotopic (exact) mass is 433 g/mol. The van der Waals surface area contributed by atoms with Crippen LogP contribution in [0.4, 0.5) is 5.13 Å². The molecule has 0 N–H and O–H groups in total. The van der Waals surface area contributed by atoms with E-state index in [1.165, 1.54) is 0 Å². The second kappa shape index (κ2) is 6.50. The third-order valence-corrected chi connectivity index (χ3v) is 5.83. The van der Waals surface area contributed by atoms with Crippen molar-refractivity contribution in [2.45, 2.75) is 0 Å². The largest absolute Gasteiger partial charge is 0.345 e. The maximum absolute atomic E-state index is 12.5. The van der Waals surface area contributed by atoms with Crippen LogP contribution in [0.25, 0.3) is 0 Å². The molecule has 7 heteroatoms. The summed E-state index contributed by atoms with van der Waals surface area (Å²) in [5.41, 5.74) is 0.656. The van der Waals surface area contributed by atoms with Gasteiger partial charge in [0, 0.05) is 46.9 Å². The molecule has 0 bridgehead atoms. The Morgan fingerprint density at radius 1 is 1.29 bits per heavy atom. The maximum Gasteiger partial charge on any atom is 0.254 e. The van der Waals surface area contributed by atoms with Crippen molar-refractivity contribution in [3.05, 3.63) is 43.9 Å². The Morgan fingerprint density at radius 3 is 2.67 bits per heavy atom. The van der Waals surface area contributed by atoms with Crippen molar-refractivity contribution in [3.8, 4) is 0 Å². The summed E-state index contributed by atoms with van der Waals surface area (Å²) >= 11 is 9.88. The molecule has 0 aliphatic carbocycles. The number of amides is 1. The van der Waals surface area contributed by atoms with Crippen molar-refractivity contribution in [1.82, 2.24) is 9.88 Å². The Bertz CT molecular complexity index is 642. The first-order chi connectivity index (χ1) is 10.1. The first-order valence-electron chi connectivity index (χ1n) is 6.54. The van der Waals surface area contributed by atoms with Gasteiger partial charge in [-0.3, -0.25) is 4.79 Å².